The average Bonchev–Trinajstić information content (AvgIpc) is 3.08. The summed E-state index contributed by atoms with van der Waals surface area (Å²) in [6, 6.07) is 2.63. The van der Waals surface area contributed by atoms with Gasteiger partial charge in [0.05, 0.1) is 18.1 Å². The van der Waals surface area contributed by atoms with Crippen molar-refractivity contribution in [1.29, 1.82) is 0 Å². The second-order valence-electron chi connectivity index (χ2n) is 4.73. The normalized spacial score (nSPS) is 11.3. The summed E-state index contributed by atoms with van der Waals surface area (Å²) in [6.45, 7) is 7.10. The van der Waals surface area contributed by atoms with E-state index in [4.69, 9.17) is 0 Å². The fourth-order valence-corrected chi connectivity index (χ4v) is 2.18. The van der Waals surface area contributed by atoms with Gasteiger partial charge in [-0.3, -0.25) is 4.68 Å². The molecule has 0 bridgehead atoms. The molecule has 0 aromatic carbocycles. The molecule has 5 heteroatoms. The summed E-state index contributed by atoms with van der Waals surface area (Å²) in [5.41, 5.74) is 1.11. The van der Waals surface area contributed by atoms with E-state index in [1.54, 1.807) is 6.20 Å². The summed E-state index contributed by atoms with van der Waals surface area (Å²) in [5.74, 6) is 0. The van der Waals surface area contributed by atoms with Crippen LogP contribution in [0.5, 0.6) is 0 Å². The Morgan fingerprint density at radius 2 is 2.11 bits per heavy atom. The van der Waals surface area contributed by atoms with Crippen molar-refractivity contribution in [2.75, 3.05) is 6.54 Å². The monoisotopic (exact) mass is 261 g/mol. The van der Waals surface area contributed by atoms with Gasteiger partial charge in [-0.1, -0.05) is 13.8 Å². The van der Waals surface area contributed by atoms with Crippen LogP contribution >= 0.6 is 0 Å². The number of aromatic nitrogens is 4. The molecule has 5 nitrogen and oxygen atoms in total. The Morgan fingerprint density at radius 1 is 1.26 bits per heavy atom. The highest BCUT2D eigenvalue weighted by atomic mass is 15.3. The van der Waals surface area contributed by atoms with Crippen LogP contribution in [0.3, 0.4) is 0 Å². The number of nitrogens with one attached hydrogen (secondary N) is 1. The number of rotatable bonds is 8. The maximum absolute atomic E-state index is 4.62. The molecule has 2 heterocycles. The van der Waals surface area contributed by atoms with Crippen molar-refractivity contribution in [3.8, 4) is 0 Å². The highest BCUT2D eigenvalue weighted by molar-refractivity contribution is 4.99. The molecular weight excluding hydrogens is 238 g/mol. The summed E-state index contributed by atoms with van der Waals surface area (Å²) in [7, 11) is 0. The van der Waals surface area contributed by atoms with Gasteiger partial charge in [-0.05, 0) is 18.9 Å². The van der Waals surface area contributed by atoms with Crippen molar-refractivity contribution in [3.63, 3.8) is 0 Å². The van der Waals surface area contributed by atoms with Gasteiger partial charge < -0.3 is 9.88 Å². The molecule has 19 heavy (non-hydrogen) atoms. The Kier molecular flexibility index (Phi) is 5.15. The lowest BCUT2D eigenvalue weighted by Crippen LogP contribution is -2.19. The summed E-state index contributed by atoms with van der Waals surface area (Å²) < 4.78 is 4.16. The number of imidazole rings is 1. The summed E-state index contributed by atoms with van der Waals surface area (Å²) >= 11 is 0. The van der Waals surface area contributed by atoms with Gasteiger partial charge in [0.1, 0.15) is 0 Å². The van der Waals surface area contributed by atoms with Gasteiger partial charge in [0.15, 0.2) is 0 Å². The Bertz CT molecular complexity index is 456. The first-order valence-corrected chi connectivity index (χ1v) is 7.04. The van der Waals surface area contributed by atoms with E-state index in [0.717, 1.165) is 38.2 Å². The van der Waals surface area contributed by atoms with E-state index in [1.165, 1.54) is 0 Å². The minimum atomic E-state index is 0.527. The molecule has 0 aliphatic carbocycles. The summed E-state index contributed by atoms with van der Waals surface area (Å²) in [4.78, 5) is 4.02. The van der Waals surface area contributed by atoms with Gasteiger partial charge in [0.2, 0.25) is 0 Å². The Morgan fingerprint density at radius 3 is 2.79 bits per heavy atom. The molecule has 2 aromatic rings. The van der Waals surface area contributed by atoms with Crippen LogP contribution in [0.25, 0.3) is 0 Å². The molecule has 0 radical (unpaired) electrons. The predicted molar refractivity (Wildman–Crippen MR) is 75.8 cm³/mol. The first-order chi connectivity index (χ1) is 9.33. The van der Waals surface area contributed by atoms with E-state index in [2.05, 4.69) is 50.8 Å². The molecule has 0 unspecified atom stereocenters. The van der Waals surface area contributed by atoms with Gasteiger partial charge in [-0.25, -0.2) is 4.98 Å². The molecule has 0 saturated heterocycles. The molecule has 0 spiro atoms. The zero-order valence-electron chi connectivity index (χ0n) is 11.8. The van der Waals surface area contributed by atoms with Crippen LogP contribution in [0, 0.1) is 0 Å². The van der Waals surface area contributed by atoms with E-state index in [-0.39, 0.29) is 0 Å². The van der Waals surface area contributed by atoms with E-state index in [0.29, 0.717) is 6.04 Å². The second-order valence-corrected chi connectivity index (χ2v) is 4.73. The maximum atomic E-state index is 4.62. The van der Waals surface area contributed by atoms with Gasteiger partial charge in [0, 0.05) is 38.2 Å². The van der Waals surface area contributed by atoms with Crippen LogP contribution in [0.2, 0.25) is 0 Å². The Balaban J connectivity index is 1.74. The van der Waals surface area contributed by atoms with Crippen LogP contribution in [-0.4, -0.2) is 25.9 Å². The van der Waals surface area contributed by atoms with Crippen molar-refractivity contribution >= 4 is 0 Å². The van der Waals surface area contributed by atoms with Gasteiger partial charge >= 0.3 is 0 Å². The fourth-order valence-electron chi connectivity index (χ4n) is 2.18. The van der Waals surface area contributed by atoms with Crippen molar-refractivity contribution in [2.45, 2.75) is 45.8 Å². The number of hydrogen-bond donors (Lipinski definition) is 1. The van der Waals surface area contributed by atoms with Crippen LogP contribution in [0.1, 0.15) is 38.4 Å². The maximum Gasteiger partial charge on any atom is 0.0946 e. The lowest BCUT2D eigenvalue weighted by molar-refractivity contribution is 0.424. The minimum absolute atomic E-state index is 0.527. The minimum Gasteiger partial charge on any atom is -0.336 e. The predicted octanol–water partition coefficient (Wildman–Crippen LogP) is 2.23. The zero-order valence-corrected chi connectivity index (χ0v) is 11.8. The van der Waals surface area contributed by atoms with E-state index < -0.39 is 0 Å². The van der Waals surface area contributed by atoms with E-state index in [1.807, 2.05) is 12.5 Å². The summed E-state index contributed by atoms with van der Waals surface area (Å²) in [5, 5.41) is 8.03. The van der Waals surface area contributed by atoms with E-state index in [9.17, 15) is 0 Å². The van der Waals surface area contributed by atoms with Gasteiger partial charge in [0.25, 0.3) is 0 Å². The molecule has 2 aromatic heterocycles. The highest BCUT2D eigenvalue weighted by Gasteiger charge is 2.07. The largest absolute Gasteiger partial charge is 0.336 e. The quantitative estimate of drug-likeness (QED) is 0.741. The third-order valence-corrected chi connectivity index (χ3v) is 3.39. The van der Waals surface area contributed by atoms with Crippen LogP contribution < -0.4 is 5.32 Å². The Hall–Kier alpha value is -1.62. The van der Waals surface area contributed by atoms with Crippen LogP contribution in [0.4, 0.5) is 0 Å². The third-order valence-electron chi connectivity index (χ3n) is 3.39. The number of hydrogen-bond acceptors (Lipinski definition) is 3. The van der Waals surface area contributed by atoms with Gasteiger partial charge in [-0.15, -0.1) is 0 Å². The first-order valence-electron chi connectivity index (χ1n) is 7.04. The topological polar surface area (TPSA) is 47.7 Å². The lowest BCUT2D eigenvalue weighted by atomic mass is 10.2. The molecule has 0 aliphatic heterocycles. The molecule has 1 N–H and O–H groups in total. The number of nitrogens with zero attached hydrogens (tertiary/aromatic N) is 4. The molecule has 0 saturated carbocycles. The molecule has 2 rings (SSSR count). The molecule has 0 atom stereocenters. The highest BCUT2D eigenvalue weighted by Crippen LogP contribution is 2.14. The molecule has 0 amide bonds. The standard InChI is InChI=1S/C14H23N5/c1-3-14(4-2)19-8-5-13(17-19)11-15-6-9-18-10-7-16-12-18/h5,7-8,10,12,14-15H,3-4,6,9,11H2,1-2H3. The zero-order chi connectivity index (χ0) is 13.5. The van der Waals surface area contributed by atoms with E-state index >= 15 is 0 Å². The first kappa shape index (κ1) is 13.8. The second kappa shape index (κ2) is 7.09. The van der Waals surface area contributed by atoms with Crippen molar-refractivity contribution in [2.24, 2.45) is 0 Å². The van der Waals surface area contributed by atoms with Crippen molar-refractivity contribution < 1.29 is 0 Å². The third kappa shape index (κ3) is 3.92. The van der Waals surface area contributed by atoms with Gasteiger partial charge in [-0.2, -0.15) is 5.10 Å². The van der Waals surface area contributed by atoms with Crippen molar-refractivity contribution in [1.82, 2.24) is 24.6 Å². The molecular formula is C14H23N5. The molecule has 104 valence electrons. The van der Waals surface area contributed by atoms with Crippen molar-refractivity contribution in [3.05, 3.63) is 36.7 Å². The smallest absolute Gasteiger partial charge is 0.0946 e. The lowest BCUT2D eigenvalue weighted by Gasteiger charge is -2.12. The van der Waals surface area contributed by atoms with Crippen LogP contribution in [0.15, 0.2) is 31.0 Å². The Labute approximate surface area is 114 Å². The average molecular weight is 261 g/mol. The van der Waals surface area contributed by atoms with Crippen LogP contribution in [-0.2, 0) is 13.1 Å². The SMILES string of the molecule is CCC(CC)n1ccc(CNCCn2ccnc2)n1. The molecule has 0 aliphatic rings. The fraction of sp³-hybridized carbons (Fsp3) is 0.571. The molecule has 0 fully saturated rings. The summed E-state index contributed by atoms with van der Waals surface area (Å²) in [6.07, 6.45) is 9.96.